The fourth-order valence-corrected chi connectivity index (χ4v) is 1.58. The van der Waals surface area contributed by atoms with E-state index in [0.29, 0.717) is 19.7 Å². The summed E-state index contributed by atoms with van der Waals surface area (Å²) < 4.78 is 31.0. The minimum absolute atomic E-state index is 0.0849. The van der Waals surface area contributed by atoms with E-state index >= 15 is 0 Å². The van der Waals surface area contributed by atoms with Crippen LogP contribution in [0.1, 0.15) is 0 Å². The summed E-state index contributed by atoms with van der Waals surface area (Å²) >= 11 is 0. The van der Waals surface area contributed by atoms with E-state index < -0.39 is 23.6 Å². The molecule has 4 nitrogen and oxygen atoms in total. The molecule has 1 atom stereocenters. The van der Waals surface area contributed by atoms with Crippen LogP contribution in [0.3, 0.4) is 0 Å². The number of ether oxygens (including phenoxy) is 1. The second-order valence-corrected chi connectivity index (χ2v) is 3.71. The fraction of sp³-hybridized carbons (Fsp3) is 0.364. The summed E-state index contributed by atoms with van der Waals surface area (Å²) in [5.41, 5.74) is 0.0849. The van der Waals surface area contributed by atoms with Crippen molar-refractivity contribution in [3.05, 3.63) is 29.8 Å². The molecule has 92 valence electrons. The molecule has 0 aromatic heterocycles. The highest BCUT2D eigenvalue weighted by atomic mass is 19.1. The van der Waals surface area contributed by atoms with Crippen molar-refractivity contribution in [2.45, 2.75) is 6.10 Å². The molecule has 1 unspecified atom stereocenters. The Balaban J connectivity index is 2.01. The van der Waals surface area contributed by atoms with Gasteiger partial charge in [0, 0.05) is 24.8 Å². The number of morpholine rings is 1. The van der Waals surface area contributed by atoms with Crippen LogP contribution in [0.25, 0.3) is 0 Å². The minimum Gasteiger partial charge on any atom is -0.366 e. The number of nitrogens with one attached hydrogen (secondary N) is 2. The molecule has 1 heterocycles. The first-order valence-corrected chi connectivity index (χ1v) is 5.24. The van der Waals surface area contributed by atoms with Gasteiger partial charge >= 0.3 is 0 Å². The topological polar surface area (TPSA) is 50.4 Å². The van der Waals surface area contributed by atoms with Crippen molar-refractivity contribution in [3.8, 4) is 0 Å². The molecule has 1 aliphatic heterocycles. The Labute approximate surface area is 97.0 Å². The average molecular weight is 242 g/mol. The van der Waals surface area contributed by atoms with E-state index in [0.717, 1.165) is 18.2 Å². The van der Waals surface area contributed by atoms with Crippen molar-refractivity contribution in [2.24, 2.45) is 0 Å². The van der Waals surface area contributed by atoms with Gasteiger partial charge in [-0.1, -0.05) is 0 Å². The first-order chi connectivity index (χ1) is 8.15. The highest BCUT2D eigenvalue weighted by Crippen LogP contribution is 2.13. The molecule has 0 saturated carbocycles. The van der Waals surface area contributed by atoms with E-state index in [1.165, 1.54) is 0 Å². The maximum atomic E-state index is 12.9. The lowest BCUT2D eigenvalue weighted by atomic mass is 10.2. The maximum Gasteiger partial charge on any atom is 0.254 e. The van der Waals surface area contributed by atoms with Gasteiger partial charge in [0.15, 0.2) is 0 Å². The lowest BCUT2D eigenvalue weighted by Gasteiger charge is -2.22. The van der Waals surface area contributed by atoms with Gasteiger partial charge in [0.05, 0.1) is 6.61 Å². The number of amides is 1. The summed E-state index contributed by atoms with van der Waals surface area (Å²) in [6.45, 7) is 1.53. The summed E-state index contributed by atoms with van der Waals surface area (Å²) in [6, 6.07) is 2.85. The summed E-state index contributed by atoms with van der Waals surface area (Å²) in [5.74, 6) is -1.88. The normalized spacial score (nSPS) is 20.0. The molecule has 0 bridgehead atoms. The Hall–Kier alpha value is -1.53. The van der Waals surface area contributed by atoms with E-state index in [4.69, 9.17) is 4.74 Å². The first-order valence-electron chi connectivity index (χ1n) is 5.24. The van der Waals surface area contributed by atoms with E-state index in [9.17, 15) is 13.6 Å². The Morgan fingerprint density at radius 2 is 2.06 bits per heavy atom. The highest BCUT2D eigenvalue weighted by molar-refractivity contribution is 5.94. The summed E-state index contributed by atoms with van der Waals surface area (Å²) in [5, 5.41) is 5.40. The zero-order valence-electron chi connectivity index (χ0n) is 9.00. The SMILES string of the molecule is O=C(Nc1cc(F)cc(F)c1)C1CNCCO1. The minimum atomic E-state index is -0.733. The Morgan fingerprint density at radius 1 is 1.35 bits per heavy atom. The number of hydrogen-bond donors (Lipinski definition) is 2. The number of anilines is 1. The molecule has 0 aliphatic carbocycles. The van der Waals surface area contributed by atoms with Crippen LogP contribution in [0, 0.1) is 11.6 Å². The van der Waals surface area contributed by atoms with Crippen LogP contribution in [-0.2, 0) is 9.53 Å². The molecule has 1 aromatic carbocycles. The van der Waals surface area contributed by atoms with Gasteiger partial charge in [-0.3, -0.25) is 4.79 Å². The molecular weight excluding hydrogens is 230 g/mol. The Morgan fingerprint density at radius 3 is 2.65 bits per heavy atom. The zero-order valence-corrected chi connectivity index (χ0v) is 9.00. The van der Waals surface area contributed by atoms with E-state index in [-0.39, 0.29) is 5.69 Å². The number of rotatable bonds is 2. The molecule has 0 spiro atoms. The molecule has 1 saturated heterocycles. The summed E-state index contributed by atoms with van der Waals surface area (Å²) in [7, 11) is 0. The smallest absolute Gasteiger partial charge is 0.254 e. The van der Waals surface area contributed by atoms with Crippen LogP contribution in [0.4, 0.5) is 14.5 Å². The zero-order chi connectivity index (χ0) is 12.3. The number of carbonyl (C=O) groups excluding carboxylic acids is 1. The van der Waals surface area contributed by atoms with Crippen LogP contribution in [0.15, 0.2) is 18.2 Å². The van der Waals surface area contributed by atoms with Gasteiger partial charge in [-0.05, 0) is 12.1 Å². The van der Waals surface area contributed by atoms with Crippen molar-refractivity contribution in [1.29, 1.82) is 0 Å². The monoisotopic (exact) mass is 242 g/mol. The van der Waals surface area contributed by atoms with Crippen LogP contribution in [0.5, 0.6) is 0 Å². The highest BCUT2D eigenvalue weighted by Gasteiger charge is 2.21. The number of benzene rings is 1. The fourth-order valence-electron chi connectivity index (χ4n) is 1.58. The van der Waals surface area contributed by atoms with E-state index in [1.807, 2.05) is 0 Å². The lowest BCUT2D eigenvalue weighted by molar-refractivity contribution is -0.128. The molecule has 2 N–H and O–H groups in total. The standard InChI is InChI=1S/C11H12F2N2O2/c12-7-3-8(13)5-9(4-7)15-11(16)10-6-14-1-2-17-10/h3-5,10,14H,1-2,6H2,(H,15,16). The molecule has 1 aromatic rings. The molecule has 1 fully saturated rings. The molecule has 0 radical (unpaired) electrons. The number of hydrogen-bond acceptors (Lipinski definition) is 3. The van der Waals surface area contributed by atoms with E-state index in [1.54, 1.807) is 0 Å². The number of carbonyl (C=O) groups is 1. The van der Waals surface area contributed by atoms with Crippen molar-refractivity contribution >= 4 is 11.6 Å². The maximum absolute atomic E-state index is 12.9. The molecular formula is C11H12F2N2O2. The van der Waals surface area contributed by atoms with Gasteiger partial charge in [-0.25, -0.2) is 8.78 Å². The molecule has 6 heteroatoms. The molecule has 1 aliphatic rings. The van der Waals surface area contributed by atoms with Crippen LogP contribution in [-0.4, -0.2) is 31.7 Å². The van der Waals surface area contributed by atoms with Gasteiger partial charge in [-0.15, -0.1) is 0 Å². The predicted molar refractivity (Wildman–Crippen MR) is 57.6 cm³/mol. The van der Waals surface area contributed by atoms with Gasteiger partial charge in [0.25, 0.3) is 5.91 Å². The molecule has 2 rings (SSSR count). The van der Waals surface area contributed by atoms with Crippen LogP contribution in [0.2, 0.25) is 0 Å². The van der Waals surface area contributed by atoms with Gasteiger partial charge in [0.1, 0.15) is 17.7 Å². The second-order valence-electron chi connectivity index (χ2n) is 3.71. The third-order valence-electron chi connectivity index (χ3n) is 2.35. The molecule has 17 heavy (non-hydrogen) atoms. The Bertz CT molecular complexity index is 400. The Kier molecular flexibility index (Phi) is 3.65. The average Bonchev–Trinajstić information content (AvgIpc) is 2.28. The summed E-state index contributed by atoms with van der Waals surface area (Å²) in [4.78, 5) is 11.7. The first kappa shape index (κ1) is 11.9. The third-order valence-corrected chi connectivity index (χ3v) is 2.35. The van der Waals surface area contributed by atoms with Crippen LogP contribution < -0.4 is 10.6 Å². The second kappa shape index (κ2) is 5.20. The van der Waals surface area contributed by atoms with Crippen LogP contribution >= 0.6 is 0 Å². The predicted octanol–water partition coefficient (Wildman–Crippen LogP) is 0.892. The van der Waals surface area contributed by atoms with Crippen molar-refractivity contribution < 1.29 is 18.3 Å². The van der Waals surface area contributed by atoms with Crippen molar-refractivity contribution in [1.82, 2.24) is 5.32 Å². The molecule has 1 amide bonds. The summed E-state index contributed by atoms with van der Waals surface area (Å²) in [6.07, 6.45) is -0.630. The van der Waals surface area contributed by atoms with Crippen molar-refractivity contribution in [2.75, 3.05) is 25.0 Å². The third kappa shape index (κ3) is 3.21. The lowest BCUT2D eigenvalue weighted by Crippen LogP contribution is -2.45. The van der Waals surface area contributed by atoms with E-state index in [2.05, 4.69) is 10.6 Å². The van der Waals surface area contributed by atoms with Gasteiger partial charge in [0.2, 0.25) is 0 Å². The van der Waals surface area contributed by atoms with Crippen molar-refractivity contribution in [3.63, 3.8) is 0 Å². The number of halogens is 2. The quantitative estimate of drug-likeness (QED) is 0.809. The van der Waals surface area contributed by atoms with Gasteiger partial charge < -0.3 is 15.4 Å². The van der Waals surface area contributed by atoms with Gasteiger partial charge in [-0.2, -0.15) is 0 Å². The largest absolute Gasteiger partial charge is 0.366 e.